The predicted octanol–water partition coefficient (Wildman–Crippen LogP) is 4.82. The van der Waals surface area contributed by atoms with Gasteiger partial charge in [-0.05, 0) is 42.1 Å². The van der Waals surface area contributed by atoms with Crippen molar-refractivity contribution in [1.82, 2.24) is 4.57 Å². The fourth-order valence-electron chi connectivity index (χ4n) is 3.68. The van der Waals surface area contributed by atoms with Crippen LogP contribution in [-0.4, -0.2) is 10.6 Å². The summed E-state index contributed by atoms with van der Waals surface area (Å²) < 4.78 is 2.22. The van der Waals surface area contributed by atoms with Crippen LogP contribution in [0.25, 0.3) is 33.3 Å². The number of carbonyl (C=O) groups excluding carboxylic acids is 1. The summed E-state index contributed by atoms with van der Waals surface area (Å²) in [6, 6.07) is 21.1. The fraction of sp³-hybridized carbons (Fsp3) is 0.0909. The van der Waals surface area contributed by atoms with Gasteiger partial charge in [-0.25, -0.2) is 4.79 Å². The minimum Gasteiger partial charge on any atom is -0.351 e. The van der Waals surface area contributed by atoms with E-state index >= 15 is 0 Å². The van der Waals surface area contributed by atoms with E-state index in [9.17, 15) is 4.79 Å². The Morgan fingerprint density at radius 1 is 1.04 bits per heavy atom. The summed E-state index contributed by atoms with van der Waals surface area (Å²) in [5.74, 6) is 0. The second-order valence-corrected chi connectivity index (χ2v) is 6.44. The van der Waals surface area contributed by atoms with Crippen molar-refractivity contribution in [2.75, 3.05) is 5.32 Å². The molecule has 5 nitrogen and oxygen atoms in total. The highest BCUT2D eigenvalue weighted by Gasteiger charge is 2.18. The van der Waals surface area contributed by atoms with Gasteiger partial charge in [0.05, 0.1) is 16.7 Å². The number of hydrogen-bond donors (Lipinski definition) is 3. The zero-order valence-corrected chi connectivity index (χ0v) is 16.2. The van der Waals surface area contributed by atoms with Gasteiger partial charge in [0.15, 0.2) is 0 Å². The third-order valence-electron chi connectivity index (χ3n) is 4.75. The van der Waals surface area contributed by atoms with Crippen LogP contribution < -0.4 is 16.4 Å². The molecule has 0 aromatic heterocycles. The van der Waals surface area contributed by atoms with Crippen molar-refractivity contribution in [2.24, 2.45) is 5.73 Å². The van der Waals surface area contributed by atoms with E-state index in [1.165, 1.54) is 0 Å². The maximum atomic E-state index is 11.3. The molecule has 0 radical (unpaired) electrons. The zero-order chi connectivity index (χ0) is 19.0. The number of anilines is 1. The summed E-state index contributed by atoms with van der Waals surface area (Å²) in [6.45, 7) is 2.85. The van der Waals surface area contributed by atoms with E-state index < -0.39 is 6.03 Å². The van der Waals surface area contributed by atoms with E-state index in [0.717, 1.165) is 39.8 Å². The maximum Gasteiger partial charge on any atom is 0.316 e. The molecule has 0 atom stereocenters. The SMILES string of the molecule is CCn1c2cc(=N)ccc-2c2ccc(NC(N)=O)cc2c1-c1ccccc1.Cl. The highest BCUT2D eigenvalue weighted by Crippen LogP contribution is 2.39. The number of halogens is 1. The average Bonchev–Trinajstić information content (AvgIpc) is 2.66. The van der Waals surface area contributed by atoms with Gasteiger partial charge in [-0.15, -0.1) is 12.4 Å². The summed E-state index contributed by atoms with van der Waals surface area (Å²) in [5.41, 5.74) is 10.2. The molecule has 4 rings (SSSR count). The molecule has 0 bridgehead atoms. The van der Waals surface area contributed by atoms with Gasteiger partial charge in [0.2, 0.25) is 0 Å². The van der Waals surface area contributed by atoms with E-state index in [4.69, 9.17) is 11.1 Å². The fourth-order valence-corrected chi connectivity index (χ4v) is 3.68. The van der Waals surface area contributed by atoms with E-state index in [2.05, 4.69) is 28.9 Å². The molecule has 6 heteroatoms. The van der Waals surface area contributed by atoms with Gasteiger partial charge in [0.25, 0.3) is 0 Å². The first kappa shape index (κ1) is 19.5. The van der Waals surface area contributed by atoms with Crippen molar-refractivity contribution in [3.05, 3.63) is 72.1 Å². The van der Waals surface area contributed by atoms with Crippen LogP contribution in [0.15, 0.2) is 66.7 Å². The second-order valence-electron chi connectivity index (χ2n) is 6.44. The number of rotatable bonds is 3. The topological polar surface area (TPSA) is 83.9 Å². The summed E-state index contributed by atoms with van der Waals surface area (Å²) in [4.78, 5) is 11.3. The molecule has 28 heavy (non-hydrogen) atoms. The molecule has 2 aromatic rings. The first-order chi connectivity index (χ1) is 13.1. The average molecular weight is 393 g/mol. The number of pyridine rings is 1. The highest BCUT2D eigenvalue weighted by atomic mass is 35.5. The molecule has 2 aliphatic rings. The van der Waals surface area contributed by atoms with Crippen molar-refractivity contribution in [1.29, 1.82) is 5.41 Å². The number of primary amides is 1. The van der Waals surface area contributed by atoms with Crippen molar-refractivity contribution in [3.8, 4) is 22.5 Å². The molecule has 4 N–H and O–H groups in total. The van der Waals surface area contributed by atoms with Crippen LogP contribution in [0.4, 0.5) is 10.5 Å². The summed E-state index contributed by atoms with van der Waals surface area (Å²) in [7, 11) is 0. The number of nitrogens with two attached hydrogens (primary N) is 1. The van der Waals surface area contributed by atoms with Gasteiger partial charge < -0.3 is 21.0 Å². The van der Waals surface area contributed by atoms with Gasteiger partial charge >= 0.3 is 6.03 Å². The Labute approximate surface area is 169 Å². The highest BCUT2D eigenvalue weighted by molar-refractivity contribution is 6.06. The van der Waals surface area contributed by atoms with Crippen molar-refractivity contribution < 1.29 is 4.79 Å². The Hall–Kier alpha value is -3.31. The van der Waals surface area contributed by atoms with Crippen LogP contribution >= 0.6 is 12.4 Å². The number of benzene rings is 3. The quantitative estimate of drug-likeness (QED) is 0.429. The largest absolute Gasteiger partial charge is 0.351 e. The lowest BCUT2D eigenvalue weighted by Crippen LogP contribution is -2.19. The lowest BCUT2D eigenvalue weighted by atomic mass is 9.95. The van der Waals surface area contributed by atoms with E-state index in [-0.39, 0.29) is 12.4 Å². The van der Waals surface area contributed by atoms with Crippen LogP contribution in [-0.2, 0) is 6.54 Å². The molecule has 0 unspecified atom stereocenters. The van der Waals surface area contributed by atoms with Gasteiger partial charge in [0.1, 0.15) is 0 Å². The van der Waals surface area contributed by atoms with Crippen LogP contribution in [0.2, 0.25) is 0 Å². The molecule has 0 saturated carbocycles. The monoisotopic (exact) mass is 392 g/mol. The molecule has 2 amide bonds. The second kappa shape index (κ2) is 7.74. The minimum absolute atomic E-state index is 0. The molecule has 0 fully saturated rings. The smallest absolute Gasteiger partial charge is 0.316 e. The Morgan fingerprint density at radius 2 is 1.79 bits per heavy atom. The van der Waals surface area contributed by atoms with Gasteiger partial charge in [0, 0.05) is 23.2 Å². The number of aromatic nitrogens is 1. The maximum absolute atomic E-state index is 11.3. The molecule has 0 saturated heterocycles. The van der Waals surface area contributed by atoms with Gasteiger partial charge in [-0.1, -0.05) is 42.5 Å². The van der Waals surface area contributed by atoms with Crippen LogP contribution in [0.3, 0.4) is 0 Å². The summed E-state index contributed by atoms with van der Waals surface area (Å²) in [5, 5.41) is 13.3. The molecular formula is C22H21ClN4O. The Bertz CT molecular complexity index is 1180. The Balaban J connectivity index is 0.00000225. The van der Waals surface area contributed by atoms with Crippen molar-refractivity contribution >= 4 is 34.9 Å². The number of carbonyl (C=O) groups is 1. The standard InChI is InChI=1S/C22H20N4O.ClH/c1-2-26-20-12-15(23)8-10-18(20)17-11-9-16(25-22(24)27)13-19(17)21(26)14-6-4-3-5-7-14;/h3-13,23H,2H2,1H3,(H3,24,25,27);1H. The molecule has 2 aromatic carbocycles. The minimum atomic E-state index is -0.585. The first-order valence-electron chi connectivity index (χ1n) is 8.85. The number of urea groups is 1. The number of fused-ring (bicyclic) bond motifs is 3. The normalized spacial score (nSPS) is 10.6. The number of hydrogen-bond acceptors (Lipinski definition) is 2. The number of amides is 2. The van der Waals surface area contributed by atoms with Crippen LogP contribution in [0.5, 0.6) is 0 Å². The van der Waals surface area contributed by atoms with Crippen LogP contribution in [0.1, 0.15) is 6.92 Å². The van der Waals surface area contributed by atoms with E-state index in [1.807, 2.05) is 48.5 Å². The van der Waals surface area contributed by atoms with Crippen LogP contribution in [0, 0.1) is 5.41 Å². The van der Waals surface area contributed by atoms with Crippen molar-refractivity contribution in [2.45, 2.75) is 13.5 Å². The van der Waals surface area contributed by atoms with E-state index in [1.54, 1.807) is 6.07 Å². The Kier molecular flexibility index (Phi) is 5.38. The van der Waals surface area contributed by atoms with Gasteiger partial charge in [-0.3, -0.25) is 0 Å². The predicted molar refractivity (Wildman–Crippen MR) is 116 cm³/mol. The first-order valence-corrected chi connectivity index (χ1v) is 8.85. The van der Waals surface area contributed by atoms with E-state index in [0.29, 0.717) is 11.0 Å². The zero-order valence-electron chi connectivity index (χ0n) is 15.4. The molecule has 0 spiro atoms. The molecule has 142 valence electrons. The van der Waals surface area contributed by atoms with Gasteiger partial charge in [-0.2, -0.15) is 0 Å². The third-order valence-corrected chi connectivity index (χ3v) is 4.75. The third kappa shape index (κ3) is 3.32. The Morgan fingerprint density at radius 3 is 2.46 bits per heavy atom. The van der Waals surface area contributed by atoms with Crippen molar-refractivity contribution in [3.63, 3.8) is 0 Å². The number of nitrogens with one attached hydrogen (secondary N) is 2. The lowest BCUT2D eigenvalue weighted by molar-refractivity contribution is 0.259. The summed E-state index contributed by atoms with van der Waals surface area (Å²) >= 11 is 0. The lowest BCUT2D eigenvalue weighted by Gasteiger charge is -2.24. The molecule has 1 heterocycles. The molecule has 1 aliphatic carbocycles. The summed E-state index contributed by atoms with van der Waals surface area (Å²) in [6.07, 6.45) is 0. The molecular weight excluding hydrogens is 372 g/mol. The number of nitrogens with zero attached hydrogens (tertiary/aromatic N) is 1. The molecule has 1 aliphatic heterocycles.